The fraction of sp³-hybridized carbons (Fsp3) is 0.263. The Morgan fingerprint density at radius 3 is 2.70 bits per heavy atom. The number of para-hydroxylation sites is 1. The van der Waals surface area contributed by atoms with Crippen LogP contribution in [0, 0.1) is 0 Å². The lowest BCUT2D eigenvalue weighted by Gasteiger charge is -2.30. The van der Waals surface area contributed by atoms with E-state index in [4.69, 9.17) is 33.3 Å². The maximum Gasteiger partial charge on any atom is 0.261 e. The number of nitrogens with one attached hydrogen (secondary N) is 2. The Morgan fingerprint density at radius 2 is 1.96 bits per heavy atom. The molecule has 2 aromatic rings. The first-order valence-electron chi connectivity index (χ1n) is 8.46. The van der Waals surface area contributed by atoms with Crippen molar-refractivity contribution in [1.29, 1.82) is 0 Å². The van der Waals surface area contributed by atoms with Crippen LogP contribution in [-0.4, -0.2) is 44.4 Å². The maximum atomic E-state index is 12.5. The smallest absolute Gasteiger partial charge is 0.261 e. The molecule has 2 aromatic carbocycles. The zero-order valence-electron chi connectivity index (χ0n) is 14.8. The summed E-state index contributed by atoms with van der Waals surface area (Å²) in [4.78, 5) is 14.7. The van der Waals surface area contributed by atoms with Gasteiger partial charge in [-0.05, 0) is 42.5 Å². The first-order chi connectivity index (χ1) is 13.1. The lowest BCUT2D eigenvalue weighted by Crippen LogP contribution is -2.38. The molecule has 8 heteroatoms. The van der Waals surface area contributed by atoms with Crippen molar-refractivity contribution in [1.82, 2.24) is 5.32 Å². The van der Waals surface area contributed by atoms with Gasteiger partial charge in [0, 0.05) is 18.1 Å². The number of rotatable bonds is 4. The predicted octanol–water partition coefficient (Wildman–Crippen LogP) is 3.31. The average Bonchev–Trinajstić information content (AvgIpc) is 2.68. The fourth-order valence-corrected chi connectivity index (χ4v) is 3.22. The average molecular weight is 406 g/mol. The van der Waals surface area contributed by atoms with Gasteiger partial charge in [0.05, 0.1) is 37.3 Å². The van der Waals surface area contributed by atoms with Crippen LogP contribution in [0.15, 0.2) is 42.5 Å². The molecular formula is C19H20ClN3O3S. The van der Waals surface area contributed by atoms with Gasteiger partial charge in [0.2, 0.25) is 0 Å². The van der Waals surface area contributed by atoms with Crippen molar-refractivity contribution in [2.24, 2.45) is 0 Å². The number of carbonyl (C=O) groups is 1. The van der Waals surface area contributed by atoms with Crippen LogP contribution in [0.4, 0.5) is 11.4 Å². The van der Waals surface area contributed by atoms with E-state index in [2.05, 4.69) is 15.5 Å². The van der Waals surface area contributed by atoms with Crippen LogP contribution in [0.25, 0.3) is 0 Å². The third kappa shape index (κ3) is 4.88. The Kier molecular flexibility index (Phi) is 6.49. The van der Waals surface area contributed by atoms with Crippen LogP contribution < -0.4 is 20.3 Å². The second-order valence-electron chi connectivity index (χ2n) is 5.87. The van der Waals surface area contributed by atoms with Gasteiger partial charge in [-0.15, -0.1) is 0 Å². The molecule has 1 aliphatic heterocycles. The number of thiocarbonyl (C=S) groups is 1. The normalized spacial score (nSPS) is 13.8. The first kappa shape index (κ1) is 19.4. The first-order valence-corrected chi connectivity index (χ1v) is 9.24. The fourth-order valence-electron chi connectivity index (χ4n) is 2.84. The van der Waals surface area contributed by atoms with Gasteiger partial charge < -0.3 is 19.7 Å². The monoisotopic (exact) mass is 405 g/mol. The van der Waals surface area contributed by atoms with E-state index in [1.54, 1.807) is 30.3 Å². The number of ether oxygens (including phenoxy) is 2. The van der Waals surface area contributed by atoms with E-state index >= 15 is 0 Å². The van der Waals surface area contributed by atoms with E-state index in [9.17, 15) is 4.79 Å². The maximum absolute atomic E-state index is 12.5. The highest BCUT2D eigenvalue weighted by atomic mass is 35.5. The Balaban J connectivity index is 1.74. The summed E-state index contributed by atoms with van der Waals surface area (Å²) in [5, 5.41) is 6.52. The van der Waals surface area contributed by atoms with E-state index in [1.165, 1.54) is 7.11 Å². The van der Waals surface area contributed by atoms with Gasteiger partial charge in [0.15, 0.2) is 5.11 Å². The molecule has 142 valence electrons. The zero-order valence-corrected chi connectivity index (χ0v) is 16.4. The summed E-state index contributed by atoms with van der Waals surface area (Å²) in [6.07, 6.45) is 0. The van der Waals surface area contributed by atoms with Crippen LogP contribution in [0.5, 0.6) is 5.75 Å². The van der Waals surface area contributed by atoms with E-state index in [1.807, 2.05) is 12.1 Å². The quantitative estimate of drug-likeness (QED) is 0.761. The van der Waals surface area contributed by atoms with E-state index < -0.39 is 0 Å². The van der Waals surface area contributed by atoms with Gasteiger partial charge >= 0.3 is 0 Å². The Hall–Kier alpha value is -2.35. The van der Waals surface area contributed by atoms with Crippen molar-refractivity contribution >= 4 is 46.2 Å². The molecular weight excluding hydrogens is 386 g/mol. The SMILES string of the molecule is COc1ccccc1C(=O)NC(=S)Nc1cc(Cl)ccc1N1CCOCC1. The minimum atomic E-state index is -0.347. The standard InChI is InChI=1S/C19H20ClN3O3S/c1-25-17-5-3-2-4-14(17)18(24)22-19(27)21-15-12-13(20)6-7-16(15)23-8-10-26-11-9-23/h2-7,12H,8-11H2,1H3,(H2,21,22,24,27). The topological polar surface area (TPSA) is 62.8 Å². The van der Waals surface area contributed by atoms with Crippen molar-refractivity contribution in [3.05, 3.63) is 53.1 Å². The molecule has 0 radical (unpaired) electrons. The number of methoxy groups -OCH3 is 1. The van der Waals surface area contributed by atoms with Crippen LogP contribution in [0.3, 0.4) is 0 Å². The van der Waals surface area contributed by atoms with E-state index in [-0.39, 0.29) is 11.0 Å². The highest BCUT2D eigenvalue weighted by molar-refractivity contribution is 7.80. The number of benzene rings is 2. The molecule has 2 N–H and O–H groups in total. The number of halogens is 1. The van der Waals surface area contributed by atoms with Gasteiger partial charge in [0.1, 0.15) is 5.75 Å². The molecule has 3 rings (SSSR count). The molecule has 0 aromatic heterocycles. The second-order valence-corrected chi connectivity index (χ2v) is 6.71. The Labute approximate surface area is 168 Å². The number of nitrogens with zero attached hydrogens (tertiary/aromatic N) is 1. The van der Waals surface area contributed by atoms with Crippen molar-refractivity contribution in [3.8, 4) is 5.75 Å². The lowest BCUT2D eigenvalue weighted by atomic mass is 10.2. The minimum absolute atomic E-state index is 0.183. The third-order valence-corrected chi connectivity index (χ3v) is 4.58. The molecule has 0 bridgehead atoms. The minimum Gasteiger partial charge on any atom is -0.496 e. The number of anilines is 2. The van der Waals surface area contributed by atoms with Gasteiger partial charge in [-0.25, -0.2) is 0 Å². The second kappa shape index (κ2) is 9.03. The summed E-state index contributed by atoms with van der Waals surface area (Å²) in [5.41, 5.74) is 2.09. The summed E-state index contributed by atoms with van der Waals surface area (Å²) < 4.78 is 10.6. The molecule has 6 nitrogen and oxygen atoms in total. The molecule has 0 unspecified atom stereocenters. The Bertz CT molecular complexity index is 841. The highest BCUT2D eigenvalue weighted by Gasteiger charge is 2.17. The molecule has 0 atom stereocenters. The molecule has 1 saturated heterocycles. The van der Waals surface area contributed by atoms with Gasteiger partial charge in [-0.3, -0.25) is 10.1 Å². The summed E-state index contributed by atoms with van der Waals surface area (Å²) in [5.74, 6) is 0.134. The van der Waals surface area contributed by atoms with Crippen LogP contribution >= 0.6 is 23.8 Å². The van der Waals surface area contributed by atoms with Crippen molar-refractivity contribution < 1.29 is 14.3 Å². The summed E-state index contributed by atoms with van der Waals surface area (Å²) >= 11 is 11.5. The molecule has 0 spiro atoms. The van der Waals surface area contributed by atoms with Crippen LogP contribution in [0.1, 0.15) is 10.4 Å². The number of morpholine rings is 1. The van der Waals surface area contributed by atoms with Crippen molar-refractivity contribution in [2.75, 3.05) is 43.6 Å². The van der Waals surface area contributed by atoms with Crippen molar-refractivity contribution in [2.45, 2.75) is 0 Å². The van der Waals surface area contributed by atoms with Crippen molar-refractivity contribution in [3.63, 3.8) is 0 Å². The van der Waals surface area contributed by atoms with Crippen LogP contribution in [-0.2, 0) is 4.74 Å². The van der Waals surface area contributed by atoms with E-state index in [0.29, 0.717) is 29.5 Å². The summed E-state index contributed by atoms with van der Waals surface area (Å²) in [6, 6.07) is 12.5. The third-order valence-electron chi connectivity index (χ3n) is 4.14. The summed E-state index contributed by atoms with van der Waals surface area (Å²) in [7, 11) is 1.52. The molecule has 1 fully saturated rings. The van der Waals surface area contributed by atoms with Crippen LogP contribution in [0.2, 0.25) is 5.02 Å². The number of hydrogen-bond acceptors (Lipinski definition) is 5. The molecule has 0 aliphatic carbocycles. The molecule has 27 heavy (non-hydrogen) atoms. The zero-order chi connectivity index (χ0) is 19.2. The predicted molar refractivity (Wildman–Crippen MR) is 111 cm³/mol. The largest absolute Gasteiger partial charge is 0.496 e. The summed E-state index contributed by atoms with van der Waals surface area (Å²) in [6.45, 7) is 2.88. The molecule has 1 amide bonds. The van der Waals surface area contributed by atoms with Gasteiger partial charge in [0.25, 0.3) is 5.91 Å². The molecule has 1 heterocycles. The molecule has 1 aliphatic rings. The van der Waals surface area contributed by atoms with Gasteiger partial charge in [-0.1, -0.05) is 23.7 Å². The highest BCUT2D eigenvalue weighted by Crippen LogP contribution is 2.30. The van der Waals surface area contributed by atoms with E-state index in [0.717, 1.165) is 24.5 Å². The number of hydrogen-bond donors (Lipinski definition) is 2. The van der Waals surface area contributed by atoms with Gasteiger partial charge in [-0.2, -0.15) is 0 Å². The Morgan fingerprint density at radius 1 is 1.22 bits per heavy atom. The molecule has 0 saturated carbocycles. The number of amides is 1. The number of carbonyl (C=O) groups excluding carboxylic acids is 1. The lowest BCUT2D eigenvalue weighted by molar-refractivity contribution is 0.0975.